The van der Waals surface area contributed by atoms with E-state index in [1.54, 1.807) is 6.08 Å². The third kappa shape index (κ3) is 5.19. The Labute approximate surface area is 190 Å². The summed E-state index contributed by atoms with van der Waals surface area (Å²) in [5.74, 6) is 0.411. The molecule has 3 aromatic carbocycles. The summed E-state index contributed by atoms with van der Waals surface area (Å²) in [6.07, 6.45) is 1.73. The van der Waals surface area contributed by atoms with Crippen LogP contribution in [0.15, 0.2) is 77.7 Å². The molecule has 3 aromatic rings. The lowest BCUT2D eigenvalue weighted by Crippen LogP contribution is -2.27. The van der Waals surface area contributed by atoms with E-state index in [0.29, 0.717) is 22.3 Å². The summed E-state index contributed by atoms with van der Waals surface area (Å²) in [4.78, 5) is 27.0. The van der Waals surface area contributed by atoms with Crippen LogP contribution in [0.1, 0.15) is 22.3 Å². The number of benzene rings is 3. The summed E-state index contributed by atoms with van der Waals surface area (Å²) in [6.45, 7) is 2.66. The van der Waals surface area contributed by atoms with Crippen molar-refractivity contribution in [3.8, 4) is 5.75 Å². The summed E-state index contributed by atoms with van der Waals surface area (Å²) >= 11 is 6.88. The normalized spacial score (nSPS) is 15.0. The van der Waals surface area contributed by atoms with Gasteiger partial charge in [-0.05, 0) is 71.3 Å². The maximum absolute atomic E-state index is 12.8. The van der Waals surface area contributed by atoms with Crippen molar-refractivity contribution in [2.45, 2.75) is 20.1 Å². The van der Waals surface area contributed by atoms with Crippen LogP contribution in [-0.2, 0) is 17.9 Å². The van der Waals surface area contributed by atoms with Crippen molar-refractivity contribution in [3.05, 3.63) is 105 Å². The van der Waals surface area contributed by atoms with Crippen LogP contribution in [-0.4, -0.2) is 16.0 Å². The molecule has 0 aliphatic carbocycles. The van der Waals surface area contributed by atoms with E-state index >= 15 is 0 Å². The third-order valence-electron chi connectivity index (χ3n) is 4.94. The molecule has 0 atom stereocenters. The van der Waals surface area contributed by atoms with Crippen molar-refractivity contribution in [3.63, 3.8) is 0 Å². The Morgan fingerprint density at radius 2 is 1.77 bits per heavy atom. The van der Waals surface area contributed by atoms with Crippen molar-refractivity contribution in [1.82, 2.24) is 4.90 Å². The number of rotatable bonds is 6. The van der Waals surface area contributed by atoms with Crippen LogP contribution in [0, 0.1) is 6.92 Å². The van der Waals surface area contributed by atoms with Gasteiger partial charge in [0.2, 0.25) is 0 Å². The molecule has 1 aliphatic heterocycles. The van der Waals surface area contributed by atoms with Crippen molar-refractivity contribution in [1.29, 1.82) is 0 Å². The first kappa shape index (κ1) is 21.2. The van der Waals surface area contributed by atoms with Gasteiger partial charge in [0.05, 0.1) is 11.4 Å². The molecule has 1 fully saturated rings. The zero-order chi connectivity index (χ0) is 21.8. The average molecular weight is 450 g/mol. The molecule has 4 rings (SSSR count). The molecule has 6 heteroatoms. The first-order valence-electron chi connectivity index (χ1n) is 9.77. The van der Waals surface area contributed by atoms with E-state index in [-0.39, 0.29) is 17.7 Å². The third-order valence-corrected chi connectivity index (χ3v) is 6.10. The lowest BCUT2D eigenvalue weighted by Gasteiger charge is -2.14. The highest BCUT2D eigenvalue weighted by Crippen LogP contribution is 2.34. The molecule has 2 amide bonds. The number of aryl methyl sites for hydroxylation is 1. The molecule has 156 valence electrons. The van der Waals surface area contributed by atoms with Crippen molar-refractivity contribution >= 4 is 40.6 Å². The van der Waals surface area contributed by atoms with Gasteiger partial charge in [-0.2, -0.15) is 0 Å². The zero-order valence-corrected chi connectivity index (χ0v) is 18.5. The first-order chi connectivity index (χ1) is 15.0. The number of amides is 2. The Morgan fingerprint density at radius 1 is 1.00 bits per heavy atom. The standard InChI is InChI=1S/C25H20ClNO3S/c1-17-5-2-3-7-20(17)15-27-24(28)23(31-25(27)29)14-19-6-4-8-22(13-19)30-16-18-9-11-21(26)12-10-18/h2-14H,15-16H2,1H3/b23-14-. The Kier molecular flexibility index (Phi) is 6.44. The number of thioether (sulfide) groups is 1. The van der Waals surface area contributed by atoms with Crippen molar-refractivity contribution in [2.24, 2.45) is 0 Å². The molecule has 0 bridgehead atoms. The number of imide groups is 1. The van der Waals surface area contributed by atoms with Gasteiger partial charge in [0.1, 0.15) is 12.4 Å². The van der Waals surface area contributed by atoms with Crippen LogP contribution in [0.2, 0.25) is 5.02 Å². The molecule has 0 radical (unpaired) electrons. The van der Waals surface area contributed by atoms with Gasteiger partial charge < -0.3 is 4.74 Å². The SMILES string of the molecule is Cc1ccccc1CN1C(=O)S/C(=C\c2cccc(OCc3ccc(Cl)cc3)c2)C1=O. The highest BCUT2D eigenvalue weighted by molar-refractivity contribution is 8.18. The average Bonchev–Trinajstić information content (AvgIpc) is 3.02. The van der Waals surface area contributed by atoms with Crippen LogP contribution in [0.4, 0.5) is 4.79 Å². The Hall–Kier alpha value is -3.02. The quantitative estimate of drug-likeness (QED) is 0.405. The minimum Gasteiger partial charge on any atom is -0.489 e. The molecule has 0 saturated carbocycles. The second kappa shape index (κ2) is 9.41. The number of carbonyl (C=O) groups is 2. The van der Waals surface area contributed by atoms with Gasteiger partial charge in [-0.3, -0.25) is 14.5 Å². The van der Waals surface area contributed by atoms with Gasteiger partial charge in [0, 0.05) is 5.02 Å². The molecule has 0 aromatic heterocycles. The van der Waals surface area contributed by atoms with Crippen LogP contribution in [0.3, 0.4) is 0 Å². The zero-order valence-electron chi connectivity index (χ0n) is 16.9. The summed E-state index contributed by atoms with van der Waals surface area (Å²) in [5.41, 5.74) is 3.82. The molecule has 31 heavy (non-hydrogen) atoms. The number of carbonyl (C=O) groups excluding carboxylic acids is 2. The molecule has 1 aliphatic rings. The molecule has 1 saturated heterocycles. The van der Waals surface area contributed by atoms with Gasteiger partial charge in [-0.15, -0.1) is 0 Å². The lowest BCUT2D eigenvalue weighted by molar-refractivity contribution is -0.123. The van der Waals surface area contributed by atoms with Gasteiger partial charge in [0.15, 0.2) is 0 Å². The number of hydrogen-bond acceptors (Lipinski definition) is 4. The fourth-order valence-electron chi connectivity index (χ4n) is 3.19. The largest absolute Gasteiger partial charge is 0.489 e. The minimum absolute atomic E-state index is 0.255. The molecule has 0 N–H and O–H groups in total. The van der Waals surface area contributed by atoms with Gasteiger partial charge >= 0.3 is 0 Å². The lowest BCUT2D eigenvalue weighted by atomic mass is 10.1. The van der Waals surface area contributed by atoms with Gasteiger partial charge in [-0.1, -0.05) is 60.1 Å². The Balaban J connectivity index is 1.46. The summed E-state index contributed by atoms with van der Waals surface area (Å²) in [7, 11) is 0. The first-order valence-corrected chi connectivity index (χ1v) is 11.0. The second-order valence-corrected chi connectivity index (χ2v) is 8.61. The van der Waals surface area contributed by atoms with E-state index < -0.39 is 0 Å². The highest BCUT2D eigenvalue weighted by Gasteiger charge is 2.35. The predicted molar refractivity (Wildman–Crippen MR) is 125 cm³/mol. The molecule has 0 unspecified atom stereocenters. The molecular formula is C25H20ClNO3S. The van der Waals surface area contributed by atoms with Gasteiger partial charge in [0.25, 0.3) is 11.1 Å². The number of nitrogens with zero attached hydrogens (tertiary/aromatic N) is 1. The molecule has 4 nitrogen and oxygen atoms in total. The van der Waals surface area contributed by atoms with Gasteiger partial charge in [-0.25, -0.2) is 0 Å². The minimum atomic E-state index is -0.272. The van der Waals surface area contributed by atoms with E-state index in [4.69, 9.17) is 16.3 Å². The van der Waals surface area contributed by atoms with Crippen molar-refractivity contribution < 1.29 is 14.3 Å². The maximum atomic E-state index is 12.8. The smallest absolute Gasteiger partial charge is 0.293 e. The molecular weight excluding hydrogens is 430 g/mol. The number of hydrogen-bond donors (Lipinski definition) is 0. The van der Waals surface area contributed by atoms with E-state index in [0.717, 1.165) is 34.0 Å². The van der Waals surface area contributed by atoms with E-state index in [1.165, 1.54) is 4.90 Å². The Morgan fingerprint density at radius 3 is 2.55 bits per heavy atom. The Bertz CT molecular complexity index is 1160. The van der Waals surface area contributed by atoms with Crippen LogP contribution < -0.4 is 4.74 Å². The number of ether oxygens (including phenoxy) is 1. The highest BCUT2D eigenvalue weighted by atomic mass is 35.5. The maximum Gasteiger partial charge on any atom is 0.293 e. The van der Waals surface area contributed by atoms with Crippen LogP contribution in [0.5, 0.6) is 5.75 Å². The summed E-state index contributed by atoms with van der Waals surface area (Å²) in [5, 5.41) is 0.428. The molecule has 1 heterocycles. The fraction of sp³-hybridized carbons (Fsp3) is 0.120. The van der Waals surface area contributed by atoms with Crippen LogP contribution >= 0.6 is 23.4 Å². The second-order valence-electron chi connectivity index (χ2n) is 7.18. The van der Waals surface area contributed by atoms with Crippen molar-refractivity contribution in [2.75, 3.05) is 0 Å². The molecule has 0 spiro atoms. The van der Waals surface area contributed by atoms with Crippen LogP contribution in [0.25, 0.3) is 6.08 Å². The summed E-state index contributed by atoms with van der Waals surface area (Å²) in [6, 6.07) is 22.7. The fourth-order valence-corrected chi connectivity index (χ4v) is 4.15. The number of halogens is 1. The van der Waals surface area contributed by atoms with E-state index in [1.807, 2.05) is 79.7 Å². The predicted octanol–water partition coefficient (Wildman–Crippen LogP) is 6.46. The topological polar surface area (TPSA) is 46.6 Å². The summed E-state index contributed by atoms with van der Waals surface area (Å²) < 4.78 is 5.86. The monoisotopic (exact) mass is 449 g/mol. The van der Waals surface area contributed by atoms with E-state index in [9.17, 15) is 9.59 Å². The van der Waals surface area contributed by atoms with E-state index in [2.05, 4.69) is 0 Å².